The molecule has 6 heteroatoms. The van der Waals surface area contributed by atoms with Crippen LogP contribution in [0.1, 0.15) is 10.4 Å². The summed E-state index contributed by atoms with van der Waals surface area (Å²) in [7, 11) is 3.95. The summed E-state index contributed by atoms with van der Waals surface area (Å²) in [6.07, 6.45) is 0. The summed E-state index contributed by atoms with van der Waals surface area (Å²) in [5.74, 6) is 0.0222. The molecule has 1 aliphatic heterocycles. The van der Waals surface area contributed by atoms with Crippen LogP contribution in [0.5, 0.6) is 0 Å². The highest BCUT2D eigenvalue weighted by Crippen LogP contribution is 2.15. The number of amides is 2. The molecule has 142 valence electrons. The first kappa shape index (κ1) is 18.9. The fourth-order valence-corrected chi connectivity index (χ4v) is 3.12. The lowest BCUT2D eigenvalue weighted by Gasteiger charge is -2.34. The van der Waals surface area contributed by atoms with Crippen LogP contribution in [0.15, 0.2) is 54.6 Å². The minimum Gasteiger partial charge on any atom is -0.378 e. The molecule has 1 aliphatic rings. The Balaban J connectivity index is 1.48. The second-order valence-electron chi connectivity index (χ2n) is 6.92. The largest absolute Gasteiger partial charge is 0.378 e. The number of para-hydroxylation sites is 1. The number of piperazine rings is 1. The van der Waals surface area contributed by atoms with Crippen LogP contribution >= 0.6 is 0 Å². The van der Waals surface area contributed by atoms with E-state index in [1.165, 1.54) is 0 Å². The van der Waals surface area contributed by atoms with Gasteiger partial charge in [-0.25, -0.2) is 0 Å². The number of rotatable bonds is 5. The van der Waals surface area contributed by atoms with E-state index in [0.29, 0.717) is 38.3 Å². The zero-order valence-electron chi connectivity index (χ0n) is 15.9. The Morgan fingerprint density at radius 1 is 0.926 bits per heavy atom. The Morgan fingerprint density at radius 3 is 2.15 bits per heavy atom. The number of hydrogen-bond acceptors (Lipinski definition) is 4. The summed E-state index contributed by atoms with van der Waals surface area (Å²) in [6.45, 7) is 3.00. The third-order valence-electron chi connectivity index (χ3n) is 4.71. The van der Waals surface area contributed by atoms with E-state index < -0.39 is 0 Å². The summed E-state index contributed by atoms with van der Waals surface area (Å²) < 4.78 is 0. The molecule has 3 rings (SSSR count). The third-order valence-corrected chi connectivity index (χ3v) is 4.71. The van der Waals surface area contributed by atoms with Crippen LogP contribution < -0.4 is 10.2 Å². The summed E-state index contributed by atoms with van der Waals surface area (Å²) in [5, 5.41) is 2.90. The van der Waals surface area contributed by atoms with Crippen LogP contribution in [0.2, 0.25) is 0 Å². The zero-order chi connectivity index (χ0) is 19.2. The summed E-state index contributed by atoms with van der Waals surface area (Å²) in [4.78, 5) is 30.8. The summed E-state index contributed by atoms with van der Waals surface area (Å²) in [6, 6.07) is 17.1. The van der Waals surface area contributed by atoms with Crippen molar-refractivity contribution in [3.8, 4) is 0 Å². The van der Waals surface area contributed by atoms with Gasteiger partial charge in [0.05, 0.1) is 6.54 Å². The maximum atomic E-state index is 12.7. The lowest BCUT2D eigenvalue weighted by Crippen LogP contribution is -2.50. The van der Waals surface area contributed by atoms with Gasteiger partial charge in [-0.2, -0.15) is 0 Å². The smallest absolute Gasteiger partial charge is 0.253 e. The van der Waals surface area contributed by atoms with Crippen molar-refractivity contribution >= 4 is 23.2 Å². The fourth-order valence-electron chi connectivity index (χ4n) is 3.12. The highest BCUT2D eigenvalue weighted by molar-refractivity contribution is 5.95. The molecule has 0 bridgehead atoms. The van der Waals surface area contributed by atoms with Crippen molar-refractivity contribution in [3.63, 3.8) is 0 Å². The van der Waals surface area contributed by atoms with Crippen LogP contribution in [0.25, 0.3) is 0 Å². The molecule has 0 radical (unpaired) electrons. The normalized spacial score (nSPS) is 14.7. The Bertz CT molecular complexity index is 767. The second-order valence-corrected chi connectivity index (χ2v) is 6.92. The van der Waals surface area contributed by atoms with Crippen molar-refractivity contribution in [1.82, 2.24) is 9.80 Å². The molecule has 0 unspecified atom stereocenters. The average molecular weight is 366 g/mol. The van der Waals surface area contributed by atoms with E-state index in [0.717, 1.165) is 11.4 Å². The summed E-state index contributed by atoms with van der Waals surface area (Å²) in [5.41, 5.74) is 2.58. The molecular weight excluding hydrogens is 340 g/mol. The van der Waals surface area contributed by atoms with Gasteiger partial charge in [-0.15, -0.1) is 0 Å². The monoisotopic (exact) mass is 366 g/mol. The number of anilines is 2. The first-order chi connectivity index (χ1) is 13.0. The highest BCUT2D eigenvalue weighted by Gasteiger charge is 2.23. The van der Waals surface area contributed by atoms with Gasteiger partial charge in [0, 0.05) is 57.2 Å². The predicted molar refractivity (Wildman–Crippen MR) is 108 cm³/mol. The Morgan fingerprint density at radius 2 is 1.56 bits per heavy atom. The Hall–Kier alpha value is -2.86. The molecule has 1 saturated heterocycles. The van der Waals surface area contributed by atoms with Gasteiger partial charge in [-0.1, -0.05) is 18.2 Å². The molecule has 2 amide bonds. The van der Waals surface area contributed by atoms with Gasteiger partial charge in [0.15, 0.2) is 0 Å². The van der Waals surface area contributed by atoms with Gasteiger partial charge in [0.2, 0.25) is 5.91 Å². The van der Waals surface area contributed by atoms with Gasteiger partial charge < -0.3 is 15.1 Å². The lowest BCUT2D eigenvalue weighted by molar-refractivity contribution is -0.117. The highest BCUT2D eigenvalue weighted by atomic mass is 16.2. The van der Waals surface area contributed by atoms with E-state index in [4.69, 9.17) is 0 Å². The number of hydrogen-bond donors (Lipinski definition) is 1. The molecule has 2 aromatic carbocycles. The van der Waals surface area contributed by atoms with E-state index in [1.54, 1.807) is 0 Å². The standard InChI is InChI=1S/C21H26N4O2/c1-23(2)19-10-8-17(9-11-19)21(27)25-14-12-24(13-15-25)16-20(26)22-18-6-4-3-5-7-18/h3-11H,12-16H2,1-2H3,(H,22,26). The second kappa shape index (κ2) is 8.68. The number of nitrogens with zero attached hydrogens (tertiary/aromatic N) is 3. The first-order valence-corrected chi connectivity index (χ1v) is 9.17. The van der Waals surface area contributed by atoms with E-state index in [1.807, 2.05) is 78.5 Å². The Kier molecular flexibility index (Phi) is 6.08. The number of nitrogens with one attached hydrogen (secondary N) is 1. The van der Waals surface area contributed by atoms with E-state index >= 15 is 0 Å². The van der Waals surface area contributed by atoms with Crippen molar-refractivity contribution < 1.29 is 9.59 Å². The minimum atomic E-state index is -0.0275. The van der Waals surface area contributed by atoms with Crippen molar-refractivity contribution in [2.24, 2.45) is 0 Å². The van der Waals surface area contributed by atoms with E-state index in [9.17, 15) is 9.59 Å². The molecule has 0 aliphatic carbocycles. The molecule has 1 heterocycles. The Labute approximate surface area is 160 Å². The first-order valence-electron chi connectivity index (χ1n) is 9.17. The number of carbonyl (C=O) groups excluding carboxylic acids is 2. The van der Waals surface area contributed by atoms with E-state index in [-0.39, 0.29) is 11.8 Å². The number of carbonyl (C=O) groups is 2. The van der Waals surface area contributed by atoms with Gasteiger partial charge in [0.1, 0.15) is 0 Å². The average Bonchev–Trinajstić information content (AvgIpc) is 2.69. The molecule has 6 nitrogen and oxygen atoms in total. The van der Waals surface area contributed by atoms with E-state index in [2.05, 4.69) is 10.2 Å². The van der Waals surface area contributed by atoms with Crippen LogP contribution in [-0.2, 0) is 4.79 Å². The van der Waals surface area contributed by atoms with Crippen molar-refractivity contribution in [3.05, 3.63) is 60.2 Å². The van der Waals surface area contributed by atoms with Gasteiger partial charge in [-0.3, -0.25) is 14.5 Å². The molecule has 0 saturated carbocycles. The molecule has 0 atom stereocenters. The van der Waals surface area contributed by atoms with Crippen LogP contribution in [-0.4, -0.2) is 68.4 Å². The molecular formula is C21H26N4O2. The third kappa shape index (κ3) is 5.08. The maximum Gasteiger partial charge on any atom is 0.253 e. The minimum absolute atomic E-state index is 0.0275. The SMILES string of the molecule is CN(C)c1ccc(C(=O)N2CCN(CC(=O)Nc3ccccc3)CC2)cc1. The zero-order valence-corrected chi connectivity index (χ0v) is 15.9. The summed E-state index contributed by atoms with van der Waals surface area (Å²) >= 11 is 0. The molecule has 1 fully saturated rings. The molecule has 27 heavy (non-hydrogen) atoms. The van der Waals surface area contributed by atoms with Crippen LogP contribution in [0.3, 0.4) is 0 Å². The van der Waals surface area contributed by atoms with Crippen molar-refractivity contribution in [2.45, 2.75) is 0 Å². The maximum absolute atomic E-state index is 12.7. The van der Waals surface area contributed by atoms with Gasteiger partial charge in [0.25, 0.3) is 5.91 Å². The quantitative estimate of drug-likeness (QED) is 0.881. The predicted octanol–water partition coefficient (Wildman–Crippen LogP) is 2.15. The molecule has 0 spiro atoms. The molecule has 1 N–H and O–H groups in total. The van der Waals surface area contributed by atoms with Gasteiger partial charge in [-0.05, 0) is 36.4 Å². The topological polar surface area (TPSA) is 55.9 Å². The molecule has 2 aromatic rings. The van der Waals surface area contributed by atoms with Gasteiger partial charge >= 0.3 is 0 Å². The fraction of sp³-hybridized carbons (Fsp3) is 0.333. The lowest BCUT2D eigenvalue weighted by atomic mass is 10.1. The number of benzene rings is 2. The molecule has 0 aromatic heterocycles. The van der Waals surface area contributed by atoms with Crippen LogP contribution in [0, 0.1) is 0 Å². The van der Waals surface area contributed by atoms with Crippen LogP contribution in [0.4, 0.5) is 11.4 Å². The van der Waals surface area contributed by atoms with Crippen molar-refractivity contribution in [2.75, 3.05) is 57.0 Å². The van der Waals surface area contributed by atoms with Crippen molar-refractivity contribution in [1.29, 1.82) is 0 Å².